The number of β-amino-alcohol motifs (C(OH)–C–C–N with tert-alkyl or cyclic N) is 1. The van der Waals surface area contributed by atoms with E-state index >= 15 is 0 Å². The van der Waals surface area contributed by atoms with Gasteiger partial charge >= 0.3 is 0 Å². The molecule has 3 heterocycles. The van der Waals surface area contributed by atoms with Crippen molar-refractivity contribution in [1.29, 1.82) is 0 Å². The van der Waals surface area contributed by atoms with Crippen LogP contribution in [0.2, 0.25) is 0 Å². The Balaban J connectivity index is 1.43. The van der Waals surface area contributed by atoms with Gasteiger partial charge in [-0.1, -0.05) is 18.2 Å². The van der Waals surface area contributed by atoms with Gasteiger partial charge < -0.3 is 29.1 Å². The van der Waals surface area contributed by atoms with Gasteiger partial charge in [0.2, 0.25) is 5.91 Å². The Morgan fingerprint density at radius 3 is 2.57 bits per heavy atom. The Kier molecular flexibility index (Phi) is 6.99. The molecule has 1 aromatic rings. The second-order valence-electron chi connectivity index (χ2n) is 8.15. The van der Waals surface area contributed by atoms with Gasteiger partial charge in [0.05, 0.1) is 51.1 Å². The first kappa shape index (κ1) is 21.2. The molecule has 4 rings (SSSR count). The number of aliphatic hydroxyl groups is 1. The molecule has 3 aliphatic rings. The van der Waals surface area contributed by atoms with Crippen molar-refractivity contribution in [2.75, 3.05) is 46.1 Å². The van der Waals surface area contributed by atoms with Crippen LogP contribution in [0.15, 0.2) is 30.3 Å². The fourth-order valence-electron chi connectivity index (χ4n) is 4.46. The summed E-state index contributed by atoms with van der Waals surface area (Å²) >= 11 is 0. The number of hydrogen-bond donors (Lipinski definition) is 1. The molecular formula is C22H30N2O6. The average Bonchev–Trinajstić information content (AvgIpc) is 2.77. The van der Waals surface area contributed by atoms with Crippen LogP contribution in [0.5, 0.6) is 0 Å². The molecule has 4 atom stereocenters. The molecule has 0 radical (unpaired) electrons. The number of fused-ring (bicyclic) bond motifs is 1. The maximum Gasteiger partial charge on any atom is 0.254 e. The van der Waals surface area contributed by atoms with Crippen molar-refractivity contribution in [1.82, 2.24) is 9.80 Å². The Hall–Kier alpha value is -2.00. The molecule has 0 unspecified atom stereocenters. The van der Waals surface area contributed by atoms with Crippen LogP contribution in [-0.2, 0) is 19.0 Å². The van der Waals surface area contributed by atoms with E-state index < -0.39 is 6.10 Å². The van der Waals surface area contributed by atoms with Gasteiger partial charge in [0, 0.05) is 25.2 Å². The van der Waals surface area contributed by atoms with Crippen LogP contribution >= 0.6 is 0 Å². The first-order valence-electron chi connectivity index (χ1n) is 10.7. The van der Waals surface area contributed by atoms with E-state index in [2.05, 4.69) is 0 Å². The summed E-state index contributed by atoms with van der Waals surface area (Å²) in [7, 11) is 0. The van der Waals surface area contributed by atoms with Gasteiger partial charge in [-0.25, -0.2) is 0 Å². The van der Waals surface area contributed by atoms with Crippen LogP contribution in [0.4, 0.5) is 0 Å². The zero-order chi connectivity index (χ0) is 20.9. The van der Waals surface area contributed by atoms with E-state index in [1.807, 2.05) is 23.1 Å². The molecule has 0 aromatic heterocycles. The summed E-state index contributed by atoms with van der Waals surface area (Å²) in [6.07, 6.45) is 0.481. The third-order valence-corrected chi connectivity index (χ3v) is 6.03. The van der Waals surface area contributed by atoms with Gasteiger partial charge in [-0.05, 0) is 25.0 Å². The summed E-state index contributed by atoms with van der Waals surface area (Å²) in [4.78, 5) is 29.3. The molecule has 3 saturated heterocycles. The minimum Gasteiger partial charge on any atom is -0.389 e. The number of nitrogens with zero attached hydrogens (tertiary/aromatic N) is 2. The minimum atomic E-state index is -0.737. The fourth-order valence-corrected chi connectivity index (χ4v) is 4.46. The molecule has 0 bridgehead atoms. The highest BCUT2D eigenvalue weighted by Gasteiger charge is 2.40. The number of ether oxygens (including phenoxy) is 3. The Labute approximate surface area is 176 Å². The molecule has 3 aliphatic heterocycles. The van der Waals surface area contributed by atoms with Gasteiger partial charge in [0.25, 0.3) is 5.91 Å². The first-order valence-corrected chi connectivity index (χ1v) is 10.7. The predicted molar refractivity (Wildman–Crippen MR) is 108 cm³/mol. The van der Waals surface area contributed by atoms with E-state index in [4.69, 9.17) is 14.2 Å². The maximum atomic E-state index is 13.2. The van der Waals surface area contributed by atoms with Crippen molar-refractivity contribution in [2.45, 2.75) is 43.6 Å². The van der Waals surface area contributed by atoms with Crippen LogP contribution in [-0.4, -0.2) is 97.1 Å². The van der Waals surface area contributed by atoms with Gasteiger partial charge in [-0.2, -0.15) is 0 Å². The smallest absolute Gasteiger partial charge is 0.254 e. The van der Waals surface area contributed by atoms with E-state index in [9.17, 15) is 14.7 Å². The van der Waals surface area contributed by atoms with Gasteiger partial charge in [-0.3, -0.25) is 9.59 Å². The lowest BCUT2D eigenvalue weighted by Crippen LogP contribution is -2.57. The number of carbonyl (C=O) groups excluding carboxylic acids is 2. The standard InChI is InChI=1S/C22H30N2O6/c25-17-13-24(22(27)16-4-2-1-3-5-16)19-7-6-18(30-20(19)15-29-14-17)12-21(26)23-8-10-28-11-9-23/h1-5,17-20,25H,6-15H2/t17-,18-,19-,20+/m0/s1. The fraction of sp³-hybridized carbons (Fsp3) is 0.636. The number of benzene rings is 1. The molecule has 0 spiro atoms. The number of morpholine rings is 1. The summed E-state index contributed by atoms with van der Waals surface area (Å²) in [5, 5.41) is 10.3. The van der Waals surface area contributed by atoms with E-state index in [1.165, 1.54) is 0 Å². The number of carbonyl (C=O) groups is 2. The van der Waals surface area contributed by atoms with Crippen molar-refractivity contribution in [3.63, 3.8) is 0 Å². The molecule has 1 aromatic carbocycles. The predicted octanol–water partition coefficient (Wildman–Crippen LogP) is 0.685. The largest absolute Gasteiger partial charge is 0.389 e. The Morgan fingerprint density at radius 1 is 1.03 bits per heavy atom. The number of hydrogen-bond acceptors (Lipinski definition) is 6. The third-order valence-electron chi connectivity index (χ3n) is 6.03. The monoisotopic (exact) mass is 418 g/mol. The van der Waals surface area contributed by atoms with E-state index in [0.717, 1.165) is 0 Å². The highest BCUT2D eigenvalue weighted by Crippen LogP contribution is 2.29. The van der Waals surface area contributed by atoms with Crippen LogP contribution < -0.4 is 0 Å². The second kappa shape index (κ2) is 9.87. The summed E-state index contributed by atoms with van der Waals surface area (Å²) in [5.41, 5.74) is 0.592. The van der Waals surface area contributed by atoms with Crippen molar-refractivity contribution in [2.24, 2.45) is 0 Å². The Morgan fingerprint density at radius 2 is 1.80 bits per heavy atom. The van der Waals surface area contributed by atoms with E-state index in [0.29, 0.717) is 57.7 Å². The van der Waals surface area contributed by atoms with E-state index in [-0.39, 0.29) is 43.2 Å². The molecule has 164 valence electrons. The SMILES string of the molecule is O=C(C[C@@H]1CC[C@H]2[C@@H](COC[C@@H](O)CN2C(=O)c2ccccc2)O1)N1CCOCC1. The molecule has 30 heavy (non-hydrogen) atoms. The zero-order valence-electron chi connectivity index (χ0n) is 17.2. The lowest BCUT2D eigenvalue weighted by molar-refractivity contribution is -0.156. The number of rotatable bonds is 3. The van der Waals surface area contributed by atoms with Gasteiger partial charge in [-0.15, -0.1) is 0 Å². The highest BCUT2D eigenvalue weighted by atomic mass is 16.5. The highest BCUT2D eigenvalue weighted by molar-refractivity contribution is 5.94. The molecule has 2 amide bonds. The van der Waals surface area contributed by atoms with Crippen LogP contribution in [0, 0.1) is 0 Å². The molecule has 1 N–H and O–H groups in total. The lowest BCUT2D eigenvalue weighted by Gasteiger charge is -2.44. The van der Waals surface area contributed by atoms with Crippen LogP contribution in [0.25, 0.3) is 0 Å². The van der Waals surface area contributed by atoms with Crippen LogP contribution in [0.1, 0.15) is 29.6 Å². The summed E-state index contributed by atoms with van der Waals surface area (Å²) in [6, 6.07) is 8.91. The molecule has 8 nitrogen and oxygen atoms in total. The molecule has 0 saturated carbocycles. The van der Waals surface area contributed by atoms with Gasteiger partial charge in [0.15, 0.2) is 0 Å². The number of amides is 2. The molecule has 8 heteroatoms. The topological polar surface area (TPSA) is 88.5 Å². The van der Waals surface area contributed by atoms with Crippen molar-refractivity contribution in [3.8, 4) is 0 Å². The van der Waals surface area contributed by atoms with Crippen molar-refractivity contribution < 1.29 is 28.9 Å². The molecule has 0 aliphatic carbocycles. The lowest BCUT2D eigenvalue weighted by atomic mass is 9.94. The van der Waals surface area contributed by atoms with Crippen LogP contribution in [0.3, 0.4) is 0 Å². The summed E-state index contributed by atoms with van der Waals surface area (Å²) in [6.45, 7) is 3.06. The average molecular weight is 418 g/mol. The second-order valence-corrected chi connectivity index (χ2v) is 8.15. The third kappa shape index (κ3) is 5.00. The Bertz CT molecular complexity index is 724. The quantitative estimate of drug-likeness (QED) is 0.777. The van der Waals surface area contributed by atoms with E-state index in [1.54, 1.807) is 17.0 Å². The van der Waals surface area contributed by atoms with Crippen molar-refractivity contribution >= 4 is 11.8 Å². The summed E-state index contributed by atoms with van der Waals surface area (Å²) < 4.78 is 17.2. The summed E-state index contributed by atoms with van der Waals surface area (Å²) in [5.74, 6) is -0.0286. The first-order chi connectivity index (χ1) is 14.6. The zero-order valence-corrected chi connectivity index (χ0v) is 17.2. The molecule has 3 fully saturated rings. The van der Waals surface area contributed by atoms with Gasteiger partial charge in [0.1, 0.15) is 6.10 Å². The van der Waals surface area contributed by atoms with Crippen molar-refractivity contribution in [3.05, 3.63) is 35.9 Å². The maximum absolute atomic E-state index is 13.2. The minimum absolute atomic E-state index is 0.0844. The number of aliphatic hydroxyl groups excluding tert-OH is 1. The molecular weight excluding hydrogens is 388 g/mol. The normalized spacial score (nSPS) is 30.2.